The molecule has 1 unspecified atom stereocenters. The van der Waals surface area contributed by atoms with E-state index in [4.69, 9.17) is 0 Å². The minimum Gasteiger partial charge on any atom is -0.351 e. The van der Waals surface area contributed by atoms with Crippen LogP contribution in [0.2, 0.25) is 0 Å². The van der Waals surface area contributed by atoms with Crippen LogP contribution in [-0.2, 0) is 9.59 Å². The van der Waals surface area contributed by atoms with E-state index in [-0.39, 0.29) is 18.4 Å². The van der Waals surface area contributed by atoms with Gasteiger partial charge in [0.15, 0.2) is 13.1 Å². The van der Waals surface area contributed by atoms with Crippen molar-refractivity contribution in [1.82, 2.24) is 5.32 Å². The van der Waals surface area contributed by atoms with Crippen LogP contribution >= 0.6 is 0 Å². The Hall–Kier alpha value is -1.88. The standard InChI is InChI=1S/C16H25N3O2/c1-5-6-17-15(20)10-19(4)11-16(21)18-14-8-12(2)7-13(3)9-14/h7-9H,5-6,10-11H2,1-4H3,(H,17,20)(H,18,21)/p+1. The second-order valence-electron chi connectivity index (χ2n) is 5.59. The molecule has 0 aliphatic rings. The van der Waals surface area contributed by atoms with Crippen molar-refractivity contribution in [2.45, 2.75) is 27.2 Å². The number of rotatable bonds is 7. The number of hydrogen-bond donors (Lipinski definition) is 3. The van der Waals surface area contributed by atoms with Crippen LogP contribution in [0.4, 0.5) is 5.69 Å². The number of quaternary nitrogens is 1. The maximum absolute atomic E-state index is 12.0. The smallest absolute Gasteiger partial charge is 0.279 e. The number of amides is 2. The molecule has 0 aromatic heterocycles. The van der Waals surface area contributed by atoms with E-state index in [1.54, 1.807) is 0 Å². The fourth-order valence-corrected chi connectivity index (χ4v) is 2.19. The molecule has 1 aromatic carbocycles. The van der Waals surface area contributed by atoms with Crippen molar-refractivity contribution in [2.75, 3.05) is 32.0 Å². The van der Waals surface area contributed by atoms with E-state index in [2.05, 4.69) is 16.7 Å². The van der Waals surface area contributed by atoms with Gasteiger partial charge in [0.1, 0.15) is 0 Å². The van der Waals surface area contributed by atoms with Crippen molar-refractivity contribution in [3.63, 3.8) is 0 Å². The number of likely N-dealkylation sites (N-methyl/N-ethyl adjacent to an activating group) is 1. The van der Waals surface area contributed by atoms with Gasteiger partial charge in [-0.15, -0.1) is 0 Å². The maximum Gasteiger partial charge on any atom is 0.279 e. The topological polar surface area (TPSA) is 62.6 Å². The molecule has 1 atom stereocenters. The Labute approximate surface area is 126 Å². The first-order valence-corrected chi connectivity index (χ1v) is 7.37. The highest BCUT2D eigenvalue weighted by Gasteiger charge is 2.14. The molecule has 21 heavy (non-hydrogen) atoms. The van der Waals surface area contributed by atoms with E-state index >= 15 is 0 Å². The zero-order valence-corrected chi connectivity index (χ0v) is 13.4. The second kappa shape index (κ2) is 8.42. The first-order chi connectivity index (χ1) is 9.90. The molecule has 116 valence electrons. The summed E-state index contributed by atoms with van der Waals surface area (Å²) in [6.45, 7) is 7.26. The van der Waals surface area contributed by atoms with Gasteiger partial charge in [-0.1, -0.05) is 13.0 Å². The van der Waals surface area contributed by atoms with Gasteiger partial charge in [0.25, 0.3) is 11.8 Å². The highest BCUT2D eigenvalue weighted by Crippen LogP contribution is 2.13. The van der Waals surface area contributed by atoms with Crippen molar-refractivity contribution < 1.29 is 14.5 Å². The summed E-state index contributed by atoms with van der Waals surface area (Å²) in [5.74, 6) is -0.102. The molecule has 1 rings (SSSR count). The fraction of sp³-hybridized carbons (Fsp3) is 0.500. The SMILES string of the molecule is CCCNC(=O)C[NH+](C)CC(=O)Nc1cc(C)cc(C)c1. The summed E-state index contributed by atoms with van der Waals surface area (Å²) in [7, 11) is 1.84. The Balaban J connectivity index is 2.44. The summed E-state index contributed by atoms with van der Waals surface area (Å²) in [6, 6.07) is 5.94. The van der Waals surface area contributed by atoms with E-state index in [1.807, 2.05) is 40.0 Å². The number of carbonyl (C=O) groups excluding carboxylic acids is 2. The van der Waals surface area contributed by atoms with Gasteiger partial charge in [0.2, 0.25) is 0 Å². The molecule has 3 N–H and O–H groups in total. The molecule has 1 aromatic rings. The van der Waals surface area contributed by atoms with Gasteiger partial charge < -0.3 is 15.5 Å². The summed E-state index contributed by atoms with van der Waals surface area (Å²) in [5, 5.41) is 5.69. The molecule has 0 bridgehead atoms. The molecule has 5 nitrogen and oxygen atoms in total. The number of anilines is 1. The molecule has 0 saturated carbocycles. The van der Waals surface area contributed by atoms with Crippen molar-refractivity contribution in [2.24, 2.45) is 0 Å². The van der Waals surface area contributed by atoms with Crippen LogP contribution in [0, 0.1) is 13.8 Å². The van der Waals surface area contributed by atoms with Gasteiger partial charge in [0.05, 0.1) is 7.05 Å². The summed E-state index contributed by atoms with van der Waals surface area (Å²) >= 11 is 0. The molecule has 0 saturated heterocycles. The zero-order valence-electron chi connectivity index (χ0n) is 13.4. The largest absolute Gasteiger partial charge is 0.351 e. The van der Waals surface area contributed by atoms with Crippen LogP contribution in [-0.4, -0.2) is 38.5 Å². The van der Waals surface area contributed by atoms with Crippen molar-refractivity contribution in [1.29, 1.82) is 0 Å². The molecule has 0 radical (unpaired) electrons. The molecule has 0 aliphatic heterocycles. The third-order valence-corrected chi connectivity index (χ3v) is 3.00. The van der Waals surface area contributed by atoms with Crippen LogP contribution in [0.5, 0.6) is 0 Å². The third-order valence-electron chi connectivity index (χ3n) is 3.00. The average Bonchev–Trinajstić information content (AvgIpc) is 2.34. The number of nitrogens with one attached hydrogen (secondary N) is 3. The second-order valence-corrected chi connectivity index (χ2v) is 5.59. The first kappa shape index (κ1) is 17.2. The van der Waals surface area contributed by atoms with Gasteiger partial charge in [-0.3, -0.25) is 9.59 Å². The van der Waals surface area contributed by atoms with Crippen LogP contribution in [0.1, 0.15) is 24.5 Å². The summed E-state index contributed by atoms with van der Waals surface area (Å²) in [4.78, 5) is 24.4. The minimum absolute atomic E-state index is 0.0199. The number of hydrogen-bond acceptors (Lipinski definition) is 2. The Morgan fingerprint density at radius 3 is 2.19 bits per heavy atom. The van der Waals surface area contributed by atoms with Crippen molar-refractivity contribution >= 4 is 17.5 Å². The Kier molecular flexibility index (Phi) is 6.88. The van der Waals surface area contributed by atoms with E-state index < -0.39 is 0 Å². The lowest BCUT2D eigenvalue weighted by Gasteiger charge is -2.14. The van der Waals surface area contributed by atoms with Crippen LogP contribution in [0.15, 0.2) is 18.2 Å². The number of carbonyl (C=O) groups is 2. The summed E-state index contributed by atoms with van der Waals surface area (Å²) in [5.41, 5.74) is 3.04. The van der Waals surface area contributed by atoms with E-state index in [0.29, 0.717) is 13.1 Å². The summed E-state index contributed by atoms with van der Waals surface area (Å²) < 4.78 is 0. The van der Waals surface area contributed by atoms with Gasteiger partial charge in [-0.05, 0) is 43.5 Å². The van der Waals surface area contributed by atoms with E-state index in [0.717, 1.165) is 28.1 Å². The molecular weight excluding hydrogens is 266 g/mol. The number of aryl methyl sites for hydroxylation is 2. The normalized spacial score (nSPS) is 11.8. The zero-order chi connectivity index (χ0) is 15.8. The van der Waals surface area contributed by atoms with Crippen LogP contribution in [0.3, 0.4) is 0 Å². The summed E-state index contributed by atoms with van der Waals surface area (Å²) in [6.07, 6.45) is 0.915. The molecule has 0 spiro atoms. The molecule has 0 fully saturated rings. The monoisotopic (exact) mass is 292 g/mol. The average molecular weight is 292 g/mol. The number of benzene rings is 1. The predicted molar refractivity (Wildman–Crippen MR) is 84.5 cm³/mol. The minimum atomic E-state index is -0.0826. The lowest BCUT2D eigenvalue weighted by atomic mass is 10.1. The lowest BCUT2D eigenvalue weighted by Crippen LogP contribution is -3.11. The Morgan fingerprint density at radius 1 is 1.05 bits per heavy atom. The molecule has 0 heterocycles. The van der Waals surface area contributed by atoms with Crippen molar-refractivity contribution in [3.8, 4) is 0 Å². The van der Waals surface area contributed by atoms with Gasteiger partial charge in [-0.2, -0.15) is 0 Å². The van der Waals surface area contributed by atoms with Gasteiger partial charge in [0, 0.05) is 12.2 Å². The quantitative estimate of drug-likeness (QED) is 0.676. The van der Waals surface area contributed by atoms with Crippen molar-refractivity contribution in [3.05, 3.63) is 29.3 Å². The molecule has 0 aliphatic carbocycles. The highest BCUT2D eigenvalue weighted by atomic mass is 16.2. The Morgan fingerprint density at radius 2 is 1.62 bits per heavy atom. The highest BCUT2D eigenvalue weighted by molar-refractivity contribution is 5.91. The lowest BCUT2D eigenvalue weighted by molar-refractivity contribution is -0.862. The Bertz CT molecular complexity index is 480. The predicted octanol–water partition coefficient (Wildman–Crippen LogP) is 0.283. The first-order valence-electron chi connectivity index (χ1n) is 7.37. The molecule has 2 amide bonds. The van der Waals surface area contributed by atoms with E-state index in [1.165, 1.54) is 0 Å². The fourth-order valence-electron chi connectivity index (χ4n) is 2.19. The van der Waals surface area contributed by atoms with Gasteiger partial charge >= 0.3 is 0 Å². The maximum atomic E-state index is 12.0. The van der Waals surface area contributed by atoms with Crippen LogP contribution < -0.4 is 15.5 Å². The molecule has 5 heteroatoms. The van der Waals surface area contributed by atoms with E-state index in [9.17, 15) is 9.59 Å². The molecular formula is C16H26N3O2+. The van der Waals surface area contributed by atoms with Crippen LogP contribution in [0.25, 0.3) is 0 Å². The van der Waals surface area contributed by atoms with Gasteiger partial charge in [-0.25, -0.2) is 0 Å². The third kappa shape index (κ3) is 6.90.